The van der Waals surface area contributed by atoms with Crippen molar-refractivity contribution in [3.8, 4) is 0 Å². The number of hydrogen-bond acceptors (Lipinski definition) is 8. The fourth-order valence-electron chi connectivity index (χ4n) is 2.13. The Morgan fingerprint density at radius 3 is 1.75 bits per heavy atom. The summed E-state index contributed by atoms with van der Waals surface area (Å²) in [6, 6.07) is 10.2. The van der Waals surface area contributed by atoms with E-state index >= 15 is 0 Å². The first-order valence-electron chi connectivity index (χ1n) is 9.44. The maximum atomic E-state index is 12.2. The summed E-state index contributed by atoms with van der Waals surface area (Å²) < 4.78 is 77.7. The summed E-state index contributed by atoms with van der Waals surface area (Å²) in [5.74, 6) is -4.23. The summed E-state index contributed by atoms with van der Waals surface area (Å²) in [6.07, 6.45) is -6.43. The van der Waals surface area contributed by atoms with Gasteiger partial charge in [0.2, 0.25) is 0 Å². The Hall–Kier alpha value is -3.75. The number of aromatic nitrogens is 2. The number of esters is 2. The molecule has 16 heteroatoms. The van der Waals surface area contributed by atoms with E-state index in [-0.39, 0.29) is 18.9 Å². The Morgan fingerprint density at radius 1 is 0.778 bits per heavy atom. The van der Waals surface area contributed by atoms with E-state index in [4.69, 9.17) is 0 Å². The molecule has 1 amide bonds. The van der Waals surface area contributed by atoms with Crippen molar-refractivity contribution in [2.24, 2.45) is 0 Å². The Morgan fingerprint density at radius 2 is 1.28 bits per heavy atom. The van der Waals surface area contributed by atoms with Gasteiger partial charge in [0, 0.05) is 18.9 Å². The van der Waals surface area contributed by atoms with Crippen LogP contribution in [0.2, 0.25) is 0 Å². The van der Waals surface area contributed by atoms with E-state index in [0.29, 0.717) is 5.56 Å². The van der Waals surface area contributed by atoms with Crippen LogP contribution in [0.4, 0.5) is 26.3 Å². The van der Waals surface area contributed by atoms with Crippen LogP contribution >= 0.6 is 11.6 Å². The third-order valence-corrected chi connectivity index (χ3v) is 3.68. The molecule has 36 heavy (non-hydrogen) atoms. The number of carbonyl (C=O) groups excluding carboxylic acids is 4. The fourth-order valence-corrected chi connectivity index (χ4v) is 2.18. The lowest BCUT2D eigenvalue weighted by atomic mass is 10.2. The van der Waals surface area contributed by atoms with Crippen molar-refractivity contribution in [3.63, 3.8) is 0 Å². The Labute approximate surface area is 204 Å². The van der Waals surface area contributed by atoms with Crippen LogP contribution in [0.5, 0.6) is 0 Å². The summed E-state index contributed by atoms with van der Waals surface area (Å²) in [5, 5.41) is -1.57. The van der Waals surface area contributed by atoms with Crippen molar-refractivity contribution < 1.29 is 55.0 Å². The molecule has 0 saturated carbocycles. The van der Waals surface area contributed by atoms with E-state index in [9.17, 15) is 45.5 Å². The smallest absolute Gasteiger partial charge is 0.422 e. The van der Waals surface area contributed by atoms with Crippen LogP contribution in [-0.2, 0) is 41.7 Å². The molecular formula is C20H16ClF6N3O6. The van der Waals surface area contributed by atoms with Gasteiger partial charge in [-0.3, -0.25) is 9.59 Å². The molecule has 0 aliphatic carbocycles. The maximum Gasteiger partial charge on any atom is 0.422 e. The molecular weight excluding hydrogens is 528 g/mol. The normalized spacial score (nSPS) is 11.0. The lowest BCUT2D eigenvalue weighted by Crippen LogP contribution is -2.38. The Bertz CT molecular complexity index is 981. The number of carbonyl (C=O) groups is 4. The molecule has 2 aromatic rings. The molecule has 0 unspecified atom stereocenters. The van der Waals surface area contributed by atoms with Gasteiger partial charge in [-0.05, 0) is 23.2 Å². The van der Waals surface area contributed by atoms with Crippen LogP contribution in [0, 0.1) is 0 Å². The van der Waals surface area contributed by atoms with Gasteiger partial charge in [0.15, 0.2) is 13.2 Å². The van der Waals surface area contributed by atoms with Crippen LogP contribution in [0.1, 0.15) is 11.4 Å². The first kappa shape index (κ1) is 30.3. The zero-order valence-electron chi connectivity index (χ0n) is 17.9. The number of nitrogens with zero attached hydrogens (tertiary/aromatic N) is 3. The fraction of sp³-hybridized carbons (Fsp3) is 0.300. The van der Waals surface area contributed by atoms with Crippen molar-refractivity contribution in [2.45, 2.75) is 25.4 Å². The molecule has 0 bridgehead atoms. The van der Waals surface area contributed by atoms with Crippen molar-refractivity contribution in [3.05, 3.63) is 60.2 Å². The highest BCUT2D eigenvalue weighted by atomic mass is 35.5. The average molecular weight is 544 g/mol. The van der Waals surface area contributed by atoms with Crippen molar-refractivity contribution >= 4 is 34.7 Å². The molecule has 0 aliphatic heterocycles. The summed E-state index contributed by atoms with van der Waals surface area (Å²) in [5.41, 5.74) is 0.690. The zero-order valence-corrected chi connectivity index (χ0v) is 18.6. The third-order valence-electron chi connectivity index (χ3n) is 3.52. The van der Waals surface area contributed by atoms with E-state index in [2.05, 4.69) is 31.0 Å². The molecule has 2 rings (SSSR count). The molecule has 1 aromatic carbocycles. The van der Waals surface area contributed by atoms with Gasteiger partial charge in [-0.15, -0.1) is 0 Å². The molecule has 0 aliphatic rings. The van der Waals surface area contributed by atoms with E-state index in [1.54, 1.807) is 36.4 Å². The number of rotatable bonds is 7. The van der Waals surface area contributed by atoms with E-state index in [1.807, 2.05) is 0 Å². The molecule has 0 radical (unpaired) electrons. The van der Waals surface area contributed by atoms with Gasteiger partial charge in [-0.25, -0.2) is 19.6 Å². The van der Waals surface area contributed by atoms with Gasteiger partial charge in [0.1, 0.15) is 5.82 Å². The van der Waals surface area contributed by atoms with Gasteiger partial charge in [-0.2, -0.15) is 26.3 Å². The monoisotopic (exact) mass is 543 g/mol. The second kappa shape index (κ2) is 14.0. The third kappa shape index (κ3) is 13.2. The predicted octanol–water partition coefficient (Wildman–Crippen LogP) is 2.97. The minimum atomic E-state index is -4.71. The molecule has 0 N–H and O–H groups in total. The van der Waals surface area contributed by atoms with E-state index in [0.717, 1.165) is 4.90 Å². The second-order valence-corrected chi connectivity index (χ2v) is 6.81. The van der Waals surface area contributed by atoms with E-state index in [1.165, 1.54) is 12.4 Å². The Kier molecular flexibility index (Phi) is 11.7. The van der Waals surface area contributed by atoms with Gasteiger partial charge < -0.3 is 14.4 Å². The molecule has 0 spiro atoms. The van der Waals surface area contributed by atoms with Gasteiger partial charge in [0.05, 0.1) is 6.54 Å². The molecule has 1 aromatic heterocycles. The molecule has 1 heterocycles. The first-order chi connectivity index (χ1) is 16.7. The number of benzene rings is 1. The predicted molar refractivity (Wildman–Crippen MR) is 108 cm³/mol. The van der Waals surface area contributed by atoms with Crippen molar-refractivity contribution in [1.29, 1.82) is 0 Å². The van der Waals surface area contributed by atoms with Crippen LogP contribution < -0.4 is 0 Å². The second-order valence-electron chi connectivity index (χ2n) is 6.47. The summed E-state index contributed by atoms with van der Waals surface area (Å²) in [4.78, 5) is 52.6. The lowest BCUT2D eigenvalue weighted by Gasteiger charge is -2.21. The highest BCUT2D eigenvalue weighted by Crippen LogP contribution is 2.16. The van der Waals surface area contributed by atoms with Crippen LogP contribution in [0.25, 0.3) is 0 Å². The van der Waals surface area contributed by atoms with Crippen LogP contribution in [0.3, 0.4) is 0 Å². The largest absolute Gasteiger partial charge is 0.449 e. The van der Waals surface area contributed by atoms with Crippen molar-refractivity contribution in [2.75, 3.05) is 13.2 Å². The number of ether oxygens (including phenoxy) is 2. The van der Waals surface area contributed by atoms with Gasteiger partial charge in [0.25, 0.3) is 0 Å². The summed E-state index contributed by atoms with van der Waals surface area (Å²) in [7, 11) is 0. The summed E-state index contributed by atoms with van der Waals surface area (Å²) in [6.45, 7) is -3.77. The maximum absolute atomic E-state index is 12.2. The SMILES string of the molecule is O=C(Cl)C(=O)OCC(F)(F)F.O=C(OCC(F)(F)F)C(=O)N(Cc1ccccc1)Cc1ncccn1. The van der Waals surface area contributed by atoms with Gasteiger partial charge in [-0.1, -0.05) is 30.3 Å². The number of hydrogen-bond donors (Lipinski definition) is 0. The van der Waals surface area contributed by atoms with Crippen LogP contribution in [-0.4, -0.2) is 63.5 Å². The summed E-state index contributed by atoms with van der Waals surface area (Å²) >= 11 is 4.48. The quantitative estimate of drug-likeness (QED) is 0.227. The van der Waals surface area contributed by atoms with E-state index < -0.39 is 48.7 Å². The standard InChI is InChI=1S/C16H14F3N3O3.C4H2ClF3O3/c17-16(18,19)11-25-15(24)14(23)22(9-12-5-2-1-3-6-12)10-13-20-7-4-8-21-13;5-2(9)3(10)11-1-4(6,7)8/h1-8H,9-11H2;1H2. The highest BCUT2D eigenvalue weighted by Gasteiger charge is 2.33. The number of amides is 1. The topological polar surface area (TPSA) is 116 Å². The van der Waals surface area contributed by atoms with Gasteiger partial charge >= 0.3 is 35.4 Å². The first-order valence-corrected chi connectivity index (χ1v) is 9.81. The molecule has 196 valence electrons. The molecule has 0 atom stereocenters. The molecule has 0 fully saturated rings. The lowest BCUT2D eigenvalue weighted by molar-refractivity contribution is -0.189. The molecule has 9 nitrogen and oxygen atoms in total. The Balaban J connectivity index is 0.000000497. The zero-order chi connectivity index (χ0) is 27.4. The molecule has 0 saturated heterocycles. The number of halogens is 7. The average Bonchev–Trinajstić information content (AvgIpc) is 2.81. The van der Waals surface area contributed by atoms with Crippen LogP contribution in [0.15, 0.2) is 48.8 Å². The minimum absolute atomic E-state index is 0.000947. The van der Waals surface area contributed by atoms with Crippen molar-refractivity contribution in [1.82, 2.24) is 14.9 Å². The minimum Gasteiger partial charge on any atom is -0.449 e. The number of alkyl halides is 6. The highest BCUT2D eigenvalue weighted by molar-refractivity contribution is 6.80.